The molecule has 16 heavy (non-hydrogen) atoms. The first-order valence-corrected chi connectivity index (χ1v) is 5.43. The minimum Gasteiger partial charge on any atom is -0.342 e. The monoisotopic (exact) mass is 236 g/mol. The summed E-state index contributed by atoms with van der Waals surface area (Å²) in [5, 5.41) is 2.65. The van der Waals surface area contributed by atoms with Crippen LogP contribution in [0.2, 0.25) is 0 Å². The molecule has 1 aliphatic heterocycles. The minimum atomic E-state index is -4.46. The topological polar surface area (TPSA) is 32.3 Å². The molecule has 0 aromatic heterocycles. The summed E-state index contributed by atoms with van der Waals surface area (Å²) in [5.74, 6) is -0.771. The van der Waals surface area contributed by atoms with Crippen molar-refractivity contribution in [1.29, 1.82) is 0 Å². The van der Waals surface area contributed by atoms with Gasteiger partial charge in [0, 0.05) is 19.6 Å². The Labute approximate surface area is 92.0 Å². The molecule has 1 unspecified atom stereocenters. The number of carbonyl (C=O) groups is 1. The summed E-state index contributed by atoms with van der Waals surface area (Å²) in [6.07, 6.45) is -2.96. The Hall–Kier alpha value is -0.780. The van der Waals surface area contributed by atoms with Crippen molar-refractivity contribution in [2.45, 2.75) is 31.5 Å². The fraction of sp³-hybridized carbons (Fsp3) is 0.900. The third-order valence-electron chi connectivity index (χ3n) is 3.52. The molecule has 2 fully saturated rings. The zero-order chi connectivity index (χ0) is 12.0. The van der Waals surface area contributed by atoms with Gasteiger partial charge in [-0.2, -0.15) is 13.2 Å². The van der Waals surface area contributed by atoms with Gasteiger partial charge in [-0.1, -0.05) is 0 Å². The van der Waals surface area contributed by atoms with Crippen molar-refractivity contribution in [3.05, 3.63) is 0 Å². The highest BCUT2D eigenvalue weighted by Gasteiger charge is 2.62. The van der Waals surface area contributed by atoms with Crippen LogP contribution < -0.4 is 5.32 Å². The van der Waals surface area contributed by atoms with Crippen molar-refractivity contribution in [2.24, 2.45) is 5.41 Å². The second-order valence-corrected chi connectivity index (χ2v) is 4.65. The second kappa shape index (κ2) is 3.61. The van der Waals surface area contributed by atoms with E-state index in [4.69, 9.17) is 0 Å². The van der Waals surface area contributed by atoms with Crippen LogP contribution in [0.1, 0.15) is 19.3 Å². The summed E-state index contributed by atoms with van der Waals surface area (Å²) in [6.45, 7) is -0.0316. The van der Waals surface area contributed by atoms with Crippen molar-refractivity contribution < 1.29 is 18.0 Å². The summed E-state index contributed by atoms with van der Waals surface area (Å²) in [5.41, 5.74) is -2.19. The number of rotatable bonds is 2. The maximum Gasteiger partial charge on any atom is 0.404 e. The van der Waals surface area contributed by atoms with Crippen molar-refractivity contribution >= 4 is 5.91 Å². The Bertz CT molecular complexity index is 293. The predicted molar refractivity (Wildman–Crippen MR) is 51.8 cm³/mol. The summed E-state index contributed by atoms with van der Waals surface area (Å²) in [4.78, 5) is 13.2. The van der Waals surface area contributed by atoms with Crippen LogP contribution in [-0.4, -0.2) is 43.2 Å². The first-order chi connectivity index (χ1) is 7.38. The van der Waals surface area contributed by atoms with Gasteiger partial charge in [0.25, 0.3) is 0 Å². The molecule has 1 saturated carbocycles. The zero-order valence-electron chi connectivity index (χ0n) is 9.10. The average Bonchev–Trinajstić information content (AvgIpc) is 2.91. The van der Waals surface area contributed by atoms with Gasteiger partial charge in [-0.05, 0) is 25.8 Å². The summed E-state index contributed by atoms with van der Waals surface area (Å²) in [6, 6.07) is 0.0207. The normalized spacial score (nSPS) is 30.5. The molecule has 1 aliphatic carbocycles. The first-order valence-electron chi connectivity index (χ1n) is 5.43. The van der Waals surface area contributed by atoms with E-state index in [9.17, 15) is 18.0 Å². The molecular weight excluding hydrogens is 221 g/mol. The van der Waals surface area contributed by atoms with Gasteiger partial charge in [-0.25, -0.2) is 0 Å². The summed E-state index contributed by atoms with van der Waals surface area (Å²) < 4.78 is 39.1. The van der Waals surface area contributed by atoms with Gasteiger partial charge in [0.1, 0.15) is 0 Å². The largest absolute Gasteiger partial charge is 0.404 e. The van der Waals surface area contributed by atoms with Crippen LogP contribution in [0.3, 0.4) is 0 Å². The molecule has 0 aromatic rings. The maximum atomic E-state index is 13.0. The first kappa shape index (κ1) is 11.7. The van der Waals surface area contributed by atoms with Crippen LogP contribution in [0, 0.1) is 5.41 Å². The lowest BCUT2D eigenvalue weighted by molar-refractivity contribution is -0.221. The van der Waals surface area contributed by atoms with Gasteiger partial charge in [-0.3, -0.25) is 4.79 Å². The quantitative estimate of drug-likeness (QED) is 0.780. The predicted octanol–water partition coefficient (Wildman–Crippen LogP) is 1.15. The molecule has 1 atom stereocenters. The lowest BCUT2D eigenvalue weighted by atomic mass is 9.84. The molecule has 1 saturated heterocycles. The molecule has 6 heteroatoms. The van der Waals surface area contributed by atoms with E-state index >= 15 is 0 Å². The van der Waals surface area contributed by atoms with Gasteiger partial charge in [0.2, 0.25) is 5.91 Å². The highest BCUT2D eigenvalue weighted by molar-refractivity contribution is 5.84. The van der Waals surface area contributed by atoms with Crippen molar-refractivity contribution in [2.75, 3.05) is 20.1 Å². The molecule has 2 aliphatic rings. The Kier molecular flexibility index (Phi) is 2.64. The molecule has 92 valence electrons. The average molecular weight is 236 g/mol. The second-order valence-electron chi connectivity index (χ2n) is 4.65. The van der Waals surface area contributed by atoms with Gasteiger partial charge in [0.15, 0.2) is 5.41 Å². The van der Waals surface area contributed by atoms with Gasteiger partial charge in [0.05, 0.1) is 0 Å². The number of nitrogens with one attached hydrogen (secondary N) is 1. The zero-order valence-corrected chi connectivity index (χ0v) is 9.10. The Balaban J connectivity index is 2.21. The third kappa shape index (κ3) is 1.69. The summed E-state index contributed by atoms with van der Waals surface area (Å²) in [7, 11) is 1.48. The van der Waals surface area contributed by atoms with Crippen molar-refractivity contribution in [3.8, 4) is 0 Å². The minimum absolute atomic E-state index is 0.0207. The number of hydrogen-bond acceptors (Lipinski definition) is 2. The van der Waals surface area contributed by atoms with Crippen LogP contribution in [0.4, 0.5) is 13.2 Å². The Morgan fingerprint density at radius 3 is 2.44 bits per heavy atom. The van der Waals surface area contributed by atoms with Crippen molar-refractivity contribution in [1.82, 2.24) is 10.2 Å². The van der Waals surface area contributed by atoms with Crippen molar-refractivity contribution in [3.63, 3.8) is 0 Å². The molecular formula is C10H15F3N2O. The fourth-order valence-electron chi connectivity index (χ4n) is 2.20. The number of alkyl halides is 3. The molecule has 1 amide bonds. The Morgan fingerprint density at radius 1 is 1.44 bits per heavy atom. The lowest BCUT2D eigenvalue weighted by Crippen LogP contribution is -2.53. The van der Waals surface area contributed by atoms with E-state index in [1.807, 2.05) is 0 Å². The number of nitrogens with zero attached hydrogens (tertiary/aromatic N) is 1. The molecule has 0 bridgehead atoms. The van der Waals surface area contributed by atoms with E-state index in [0.29, 0.717) is 0 Å². The standard InChI is InChI=1S/C10H15F3N2O/c1-15(7-2-3-7)8(16)9(10(11,12)13)4-5-14-6-9/h7,14H,2-6H2,1H3. The van der Waals surface area contributed by atoms with E-state index in [1.165, 1.54) is 11.9 Å². The molecule has 1 heterocycles. The van der Waals surface area contributed by atoms with Crippen LogP contribution in [0.25, 0.3) is 0 Å². The van der Waals surface area contributed by atoms with E-state index in [2.05, 4.69) is 5.32 Å². The maximum absolute atomic E-state index is 13.0. The molecule has 1 N–H and O–H groups in total. The fourth-order valence-corrected chi connectivity index (χ4v) is 2.20. The van der Waals surface area contributed by atoms with E-state index < -0.39 is 17.5 Å². The van der Waals surface area contributed by atoms with Crippen LogP contribution in [0.15, 0.2) is 0 Å². The Morgan fingerprint density at radius 2 is 2.06 bits per heavy atom. The SMILES string of the molecule is CN(C(=O)C1(C(F)(F)F)CCNC1)C1CC1. The summed E-state index contributed by atoms with van der Waals surface area (Å²) >= 11 is 0. The molecule has 0 radical (unpaired) electrons. The highest BCUT2D eigenvalue weighted by Crippen LogP contribution is 2.45. The van der Waals surface area contributed by atoms with E-state index in [0.717, 1.165) is 12.8 Å². The molecule has 0 aromatic carbocycles. The molecule has 0 spiro atoms. The highest BCUT2D eigenvalue weighted by atomic mass is 19.4. The van der Waals surface area contributed by atoms with Gasteiger partial charge < -0.3 is 10.2 Å². The van der Waals surface area contributed by atoms with E-state index in [1.54, 1.807) is 0 Å². The third-order valence-corrected chi connectivity index (χ3v) is 3.52. The van der Waals surface area contributed by atoms with Crippen LogP contribution in [0.5, 0.6) is 0 Å². The number of hydrogen-bond donors (Lipinski definition) is 1. The van der Waals surface area contributed by atoms with Crippen LogP contribution in [-0.2, 0) is 4.79 Å². The van der Waals surface area contributed by atoms with E-state index in [-0.39, 0.29) is 25.6 Å². The van der Waals surface area contributed by atoms with Crippen LogP contribution >= 0.6 is 0 Å². The number of carbonyl (C=O) groups excluding carboxylic acids is 1. The van der Waals surface area contributed by atoms with Gasteiger partial charge >= 0.3 is 6.18 Å². The van der Waals surface area contributed by atoms with Gasteiger partial charge in [-0.15, -0.1) is 0 Å². The number of amides is 1. The molecule has 3 nitrogen and oxygen atoms in total. The lowest BCUT2D eigenvalue weighted by Gasteiger charge is -2.33. The molecule has 2 rings (SSSR count). The smallest absolute Gasteiger partial charge is 0.342 e. The number of halogens is 3.